The molecule has 1 aromatic carbocycles. The number of nitrogens with two attached hydrogens (primary N) is 1. The summed E-state index contributed by atoms with van der Waals surface area (Å²) in [7, 11) is 0. The minimum Gasteiger partial charge on any atom is -0.338 e. The zero-order chi connectivity index (χ0) is 12.4. The van der Waals surface area contributed by atoms with Crippen LogP contribution < -0.4 is 5.73 Å². The lowest BCUT2D eigenvalue weighted by atomic mass is 10.1. The maximum Gasteiger partial charge on any atom is 0.256 e. The molecule has 1 aliphatic heterocycles. The van der Waals surface area contributed by atoms with Crippen LogP contribution in [0.25, 0.3) is 0 Å². The van der Waals surface area contributed by atoms with Crippen molar-refractivity contribution in [2.75, 3.05) is 19.6 Å². The number of hydrogen-bond donors (Lipinski definition) is 1. The summed E-state index contributed by atoms with van der Waals surface area (Å²) in [5.41, 5.74) is 5.31. The van der Waals surface area contributed by atoms with Crippen LogP contribution in [0.4, 0.5) is 8.78 Å². The lowest BCUT2D eigenvalue weighted by Crippen LogP contribution is -2.30. The summed E-state index contributed by atoms with van der Waals surface area (Å²) >= 11 is 0. The third-order valence-electron chi connectivity index (χ3n) is 3.09. The van der Waals surface area contributed by atoms with Crippen molar-refractivity contribution in [1.82, 2.24) is 4.90 Å². The van der Waals surface area contributed by atoms with Gasteiger partial charge in [0.1, 0.15) is 0 Å². The van der Waals surface area contributed by atoms with E-state index in [1.54, 1.807) is 0 Å². The Kier molecular flexibility index (Phi) is 3.38. The maximum absolute atomic E-state index is 13.4. The lowest BCUT2D eigenvalue weighted by molar-refractivity contribution is 0.0782. The number of carbonyl (C=O) groups excluding carboxylic acids is 1. The van der Waals surface area contributed by atoms with Crippen LogP contribution in [0, 0.1) is 17.6 Å². The molecule has 1 heterocycles. The average Bonchev–Trinajstić information content (AvgIpc) is 2.80. The molecule has 2 N–H and O–H groups in total. The number of rotatable bonds is 2. The summed E-state index contributed by atoms with van der Waals surface area (Å²) in [5, 5.41) is 0. The van der Waals surface area contributed by atoms with E-state index in [4.69, 9.17) is 5.73 Å². The topological polar surface area (TPSA) is 46.3 Å². The molecule has 1 aromatic rings. The monoisotopic (exact) mass is 240 g/mol. The van der Waals surface area contributed by atoms with Crippen LogP contribution in [0.15, 0.2) is 18.2 Å². The highest BCUT2D eigenvalue weighted by molar-refractivity contribution is 5.94. The molecule has 0 saturated carbocycles. The Morgan fingerprint density at radius 2 is 2.24 bits per heavy atom. The molecule has 0 aromatic heterocycles. The van der Waals surface area contributed by atoms with Crippen molar-refractivity contribution in [2.24, 2.45) is 11.7 Å². The highest BCUT2D eigenvalue weighted by atomic mass is 19.2. The largest absolute Gasteiger partial charge is 0.338 e. The smallest absolute Gasteiger partial charge is 0.256 e. The number of benzene rings is 1. The minimum atomic E-state index is -1.08. The summed E-state index contributed by atoms with van der Waals surface area (Å²) < 4.78 is 26.4. The van der Waals surface area contributed by atoms with E-state index < -0.39 is 17.5 Å². The zero-order valence-corrected chi connectivity index (χ0v) is 9.33. The fourth-order valence-corrected chi connectivity index (χ4v) is 2.05. The molecule has 3 nitrogen and oxygen atoms in total. The SMILES string of the molecule is NC[C@H]1CCN(C(=O)c2cccc(F)c2F)C1. The van der Waals surface area contributed by atoms with Crippen molar-refractivity contribution in [3.63, 3.8) is 0 Å². The van der Waals surface area contributed by atoms with E-state index in [1.807, 2.05) is 0 Å². The van der Waals surface area contributed by atoms with Crippen LogP contribution >= 0.6 is 0 Å². The van der Waals surface area contributed by atoms with Crippen LogP contribution in [0.1, 0.15) is 16.8 Å². The van der Waals surface area contributed by atoms with Crippen LogP contribution in [-0.4, -0.2) is 30.4 Å². The molecule has 2 rings (SSSR count). The van der Waals surface area contributed by atoms with Gasteiger partial charge in [-0.25, -0.2) is 8.78 Å². The Morgan fingerprint density at radius 3 is 2.88 bits per heavy atom. The molecular formula is C12H14F2N2O. The average molecular weight is 240 g/mol. The molecule has 17 heavy (non-hydrogen) atoms. The van der Waals surface area contributed by atoms with Crippen molar-refractivity contribution in [3.8, 4) is 0 Å². The van der Waals surface area contributed by atoms with E-state index in [9.17, 15) is 13.6 Å². The maximum atomic E-state index is 13.4. The van der Waals surface area contributed by atoms with E-state index >= 15 is 0 Å². The van der Waals surface area contributed by atoms with Crippen molar-refractivity contribution in [2.45, 2.75) is 6.42 Å². The van der Waals surface area contributed by atoms with Gasteiger partial charge in [-0.2, -0.15) is 0 Å². The standard InChI is InChI=1S/C12H14F2N2O/c13-10-3-1-2-9(11(10)14)12(17)16-5-4-8(6-15)7-16/h1-3,8H,4-7,15H2/t8-/m1/s1. The first kappa shape index (κ1) is 12.0. The first-order valence-corrected chi connectivity index (χ1v) is 5.57. The van der Waals surface area contributed by atoms with Crippen LogP contribution in [-0.2, 0) is 0 Å². The minimum absolute atomic E-state index is 0.206. The highest BCUT2D eigenvalue weighted by Gasteiger charge is 2.28. The Bertz CT molecular complexity index is 437. The fraction of sp³-hybridized carbons (Fsp3) is 0.417. The molecule has 0 bridgehead atoms. The van der Waals surface area contributed by atoms with E-state index in [1.165, 1.54) is 17.0 Å². The molecular weight excluding hydrogens is 226 g/mol. The molecule has 0 radical (unpaired) electrons. The summed E-state index contributed by atoms with van der Waals surface area (Å²) in [6.45, 7) is 1.58. The molecule has 5 heteroatoms. The Balaban J connectivity index is 2.18. The normalized spacial score (nSPS) is 19.7. The van der Waals surface area contributed by atoms with Crippen molar-refractivity contribution >= 4 is 5.91 Å². The first-order valence-electron chi connectivity index (χ1n) is 5.57. The van der Waals surface area contributed by atoms with Gasteiger partial charge < -0.3 is 10.6 Å². The fourth-order valence-electron chi connectivity index (χ4n) is 2.05. The highest BCUT2D eigenvalue weighted by Crippen LogP contribution is 2.20. The second-order valence-electron chi connectivity index (χ2n) is 4.24. The molecule has 1 saturated heterocycles. The number of halogens is 2. The summed E-state index contributed by atoms with van der Waals surface area (Å²) in [4.78, 5) is 13.5. The zero-order valence-electron chi connectivity index (χ0n) is 9.33. The Morgan fingerprint density at radius 1 is 1.47 bits per heavy atom. The molecule has 92 valence electrons. The van der Waals surface area contributed by atoms with Gasteiger partial charge in [-0.15, -0.1) is 0 Å². The summed E-state index contributed by atoms with van der Waals surface area (Å²) in [6.07, 6.45) is 0.819. The molecule has 1 atom stereocenters. The second-order valence-corrected chi connectivity index (χ2v) is 4.24. The van der Waals surface area contributed by atoms with Crippen molar-refractivity contribution < 1.29 is 13.6 Å². The predicted molar refractivity (Wildman–Crippen MR) is 59.4 cm³/mol. The van der Waals surface area contributed by atoms with E-state index in [2.05, 4.69) is 0 Å². The second kappa shape index (κ2) is 4.79. The van der Waals surface area contributed by atoms with Gasteiger partial charge in [0, 0.05) is 13.1 Å². The van der Waals surface area contributed by atoms with Gasteiger partial charge in [0.25, 0.3) is 5.91 Å². The van der Waals surface area contributed by atoms with Gasteiger partial charge in [0.05, 0.1) is 5.56 Å². The van der Waals surface area contributed by atoms with Crippen LogP contribution in [0.2, 0.25) is 0 Å². The van der Waals surface area contributed by atoms with E-state index in [-0.39, 0.29) is 11.5 Å². The predicted octanol–water partition coefficient (Wildman–Crippen LogP) is 1.39. The molecule has 0 unspecified atom stereocenters. The third kappa shape index (κ3) is 2.29. The van der Waals surface area contributed by atoms with Gasteiger partial charge in [-0.3, -0.25) is 4.79 Å². The van der Waals surface area contributed by atoms with Crippen molar-refractivity contribution in [3.05, 3.63) is 35.4 Å². The molecule has 0 aliphatic carbocycles. The number of hydrogen-bond acceptors (Lipinski definition) is 2. The van der Waals surface area contributed by atoms with E-state index in [0.29, 0.717) is 19.6 Å². The van der Waals surface area contributed by atoms with Gasteiger partial charge in [-0.1, -0.05) is 6.07 Å². The quantitative estimate of drug-likeness (QED) is 0.849. The third-order valence-corrected chi connectivity index (χ3v) is 3.09. The van der Waals surface area contributed by atoms with E-state index in [0.717, 1.165) is 12.5 Å². The summed E-state index contributed by atoms with van der Waals surface area (Å²) in [5.74, 6) is -2.27. The van der Waals surface area contributed by atoms with Crippen LogP contribution in [0.5, 0.6) is 0 Å². The first-order chi connectivity index (χ1) is 8.13. The van der Waals surface area contributed by atoms with Gasteiger partial charge in [-0.05, 0) is 31.0 Å². The molecule has 1 aliphatic rings. The molecule has 1 fully saturated rings. The Hall–Kier alpha value is -1.49. The number of nitrogens with zero attached hydrogens (tertiary/aromatic N) is 1. The molecule has 0 spiro atoms. The van der Waals surface area contributed by atoms with Crippen molar-refractivity contribution in [1.29, 1.82) is 0 Å². The number of likely N-dealkylation sites (tertiary alicyclic amines) is 1. The number of carbonyl (C=O) groups is 1. The summed E-state index contributed by atoms with van der Waals surface area (Å²) in [6, 6.07) is 3.64. The molecule has 1 amide bonds. The Labute approximate surface area is 98.2 Å². The van der Waals surface area contributed by atoms with Gasteiger partial charge in [0.15, 0.2) is 11.6 Å². The van der Waals surface area contributed by atoms with Gasteiger partial charge >= 0.3 is 0 Å². The lowest BCUT2D eigenvalue weighted by Gasteiger charge is -2.16. The number of amides is 1. The van der Waals surface area contributed by atoms with Gasteiger partial charge in [0.2, 0.25) is 0 Å². The van der Waals surface area contributed by atoms with Crippen LogP contribution in [0.3, 0.4) is 0 Å².